The van der Waals surface area contributed by atoms with Crippen molar-refractivity contribution in [3.05, 3.63) is 47.1 Å². The molecule has 0 aliphatic heterocycles. The minimum Gasteiger partial charge on any atom is -0.207 e. The average molecular weight is 352 g/mol. The summed E-state index contributed by atoms with van der Waals surface area (Å²) < 4.78 is 14.7. The maximum atomic E-state index is 14.7. The van der Waals surface area contributed by atoms with Gasteiger partial charge < -0.3 is 0 Å². The smallest absolute Gasteiger partial charge is 0.127 e. The lowest BCUT2D eigenvalue weighted by Gasteiger charge is -2.37. The maximum absolute atomic E-state index is 14.7. The van der Waals surface area contributed by atoms with E-state index in [4.69, 9.17) is 7.85 Å². The third kappa shape index (κ3) is 3.87. The minimum atomic E-state index is -0.0158. The second-order valence-corrected chi connectivity index (χ2v) is 8.95. The van der Waals surface area contributed by atoms with Crippen molar-refractivity contribution in [2.75, 3.05) is 0 Å². The van der Waals surface area contributed by atoms with Crippen LogP contribution in [0.4, 0.5) is 4.39 Å². The first-order valence-electron chi connectivity index (χ1n) is 9.79. The number of benzene rings is 1. The minimum absolute atomic E-state index is 0.0158. The van der Waals surface area contributed by atoms with Gasteiger partial charge in [-0.25, -0.2) is 4.39 Å². The highest BCUT2D eigenvalue weighted by atomic mass is 32.1. The second-order valence-electron chi connectivity index (χ2n) is 8.00. The van der Waals surface area contributed by atoms with Crippen LogP contribution in [0.1, 0.15) is 62.8 Å². The molecule has 2 aromatic rings. The van der Waals surface area contributed by atoms with Gasteiger partial charge >= 0.3 is 0 Å². The second kappa shape index (κ2) is 7.66. The highest BCUT2D eigenvalue weighted by molar-refractivity contribution is 7.13. The average Bonchev–Trinajstić information content (AvgIpc) is 3.17. The fourth-order valence-corrected chi connectivity index (χ4v) is 5.70. The van der Waals surface area contributed by atoms with Crippen LogP contribution in [-0.4, -0.2) is 7.85 Å². The summed E-state index contributed by atoms with van der Waals surface area (Å²) in [4.78, 5) is 1.14. The lowest BCUT2D eigenvalue weighted by atomic mass is 9.65. The third-order valence-electron chi connectivity index (χ3n) is 6.50. The molecule has 0 atom stereocenters. The molecular formula is C22H26BFS. The molecule has 0 amide bonds. The molecule has 1 aromatic carbocycles. The van der Waals surface area contributed by atoms with Crippen molar-refractivity contribution < 1.29 is 4.39 Å². The predicted octanol–water partition coefficient (Wildman–Crippen LogP) is 6.98. The van der Waals surface area contributed by atoms with Gasteiger partial charge in [0, 0.05) is 4.88 Å². The molecule has 3 heteroatoms. The number of rotatable bonds is 3. The van der Waals surface area contributed by atoms with E-state index in [2.05, 4.69) is 12.1 Å². The fraction of sp³-hybridized carbons (Fsp3) is 0.545. The van der Waals surface area contributed by atoms with E-state index >= 15 is 0 Å². The van der Waals surface area contributed by atoms with Crippen molar-refractivity contribution in [2.24, 2.45) is 11.8 Å². The van der Waals surface area contributed by atoms with E-state index < -0.39 is 0 Å². The highest BCUT2D eigenvalue weighted by Crippen LogP contribution is 2.45. The lowest BCUT2D eigenvalue weighted by molar-refractivity contribution is 0.185. The van der Waals surface area contributed by atoms with E-state index in [0.29, 0.717) is 11.7 Å². The molecule has 0 N–H and O–H groups in total. The number of hydrogen-bond donors (Lipinski definition) is 0. The molecule has 25 heavy (non-hydrogen) atoms. The Bertz CT molecular complexity index is 680. The Morgan fingerprint density at radius 1 is 0.880 bits per heavy atom. The molecule has 0 nitrogen and oxygen atoms in total. The molecular weight excluding hydrogens is 326 g/mol. The summed E-state index contributed by atoms with van der Waals surface area (Å²) in [6.07, 6.45) is 9.81. The summed E-state index contributed by atoms with van der Waals surface area (Å²) >= 11 is 1.67. The Kier molecular flexibility index (Phi) is 5.31. The van der Waals surface area contributed by atoms with Gasteiger partial charge in [-0.3, -0.25) is 0 Å². The van der Waals surface area contributed by atoms with Gasteiger partial charge in [-0.05, 0) is 72.1 Å². The van der Waals surface area contributed by atoms with E-state index in [0.717, 1.165) is 40.7 Å². The summed E-state index contributed by atoms with van der Waals surface area (Å²) in [6, 6.07) is 9.94. The van der Waals surface area contributed by atoms with Crippen LogP contribution in [0, 0.1) is 17.7 Å². The zero-order valence-electron chi connectivity index (χ0n) is 14.8. The summed E-state index contributed by atoms with van der Waals surface area (Å²) in [7, 11) is 6.05. The van der Waals surface area contributed by atoms with Crippen molar-refractivity contribution in [2.45, 2.75) is 63.1 Å². The Morgan fingerprint density at radius 3 is 2.16 bits per heavy atom. The van der Waals surface area contributed by atoms with Gasteiger partial charge in [0.1, 0.15) is 5.82 Å². The fourth-order valence-electron chi connectivity index (χ4n) is 4.97. The Hall–Kier alpha value is -1.09. The predicted molar refractivity (Wildman–Crippen MR) is 106 cm³/mol. The van der Waals surface area contributed by atoms with Crippen LogP contribution in [0.3, 0.4) is 0 Å². The van der Waals surface area contributed by atoms with Crippen LogP contribution >= 0.6 is 11.3 Å². The van der Waals surface area contributed by atoms with Crippen molar-refractivity contribution >= 4 is 19.2 Å². The zero-order valence-corrected chi connectivity index (χ0v) is 15.6. The highest BCUT2D eigenvalue weighted by Gasteiger charge is 2.31. The molecule has 0 spiro atoms. The molecule has 2 fully saturated rings. The lowest BCUT2D eigenvalue weighted by Crippen LogP contribution is -2.24. The molecule has 2 radical (unpaired) electrons. The van der Waals surface area contributed by atoms with Crippen molar-refractivity contribution in [3.8, 4) is 10.4 Å². The van der Waals surface area contributed by atoms with Crippen molar-refractivity contribution in [3.63, 3.8) is 0 Å². The SMILES string of the molecule is [B]C1CCC(C2CCC(c3ccc(-c4cccs4)cc3F)CC2)CC1. The summed E-state index contributed by atoms with van der Waals surface area (Å²) in [5, 5.41) is 2.04. The van der Waals surface area contributed by atoms with Crippen LogP contribution in [0.5, 0.6) is 0 Å². The van der Waals surface area contributed by atoms with Gasteiger partial charge in [-0.15, -0.1) is 11.3 Å². The van der Waals surface area contributed by atoms with Crippen LogP contribution in [0.25, 0.3) is 10.4 Å². The van der Waals surface area contributed by atoms with Crippen LogP contribution < -0.4 is 0 Å². The molecule has 4 rings (SSSR count). The van der Waals surface area contributed by atoms with Gasteiger partial charge in [0.05, 0.1) is 7.85 Å². The number of halogens is 1. The van der Waals surface area contributed by atoms with Crippen LogP contribution in [0.2, 0.25) is 5.82 Å². The van der Waals surface area contributed by atoms with E-state index in [-0.39, 0.29) is 5.82 Å². The topological polar surface area (TPSA) is 0 Å². The molecule has 2 aliphatic rings. The molecule has 0 unspecified atom stereocenters. The third-order valence-corrected chi connectivity index (χ3v) is 7.42. The molecule has 130 valence electrons. The molecule has 0 saturated heterocycles. The van der Waals surface area contributed by atoms with E-state index in [1.165, 1.54) is 38.5 Å². The van der Waals surface area contributed by atoms with Crippen molar-refractivity contribution in [1.82, 2.24) is 0 Å². The summed E-state index contributed by atoms with van der Waals surface area (Å²) in [6.45, 7) is 0. The first-order valence-corrected chi connectivity index (χ1v) is 10.7. The standard InChI is InChI=1S/C22H26BFS/c23-19-10-7-16(8-11-19)15-3-5-17(6-4-15)20-12-9-18(14-21(20)24)22-2-1-13-25-22/h1-2,9,12-17,19H,3-8,10-11H2. The maximum Gasteiger partial charge on any atom is 0.127 e. The first-order chi connectivity index (χ1) is 12.2. The zero-order chi connectivity index (χ0) is 17.2. The van der Waals surface area contributed by atoms with Gasteiger partial charge in [-0.1, -0.05) is 49.7 Å². The Balaban J connectivity index is 1.39. The van der Waals surface area contributed by atoms with Crippen molar-refractivity contribution in [1.29, 1.82) is 0 Å². The van der Waals surface area contributed by atoms with E-state index in [9.17, 15) is 4.39 Å². The number of thiophene rings is 1. The Labute approximate surface area is 156 Å². The van der Waals surface area contributed by atoms with Gasteiger partial charge in [0.2, 0.25) is 0 Å². The van der Waals surface area contributed by atoms with Gasteiger partial charge in [0.15, 0.2) is 0 Å². The molecule has 2 aliphatic carbocycles. The van der Waals surface area contributed by atoms with Crippen LogP contribution in [0.15, 0.2) is 35.7 Å². The normalized spacial score (nSPS) is 30.3. The van der Waals surface area contributed by atoms with E-state index in [1.807, 2.05) is 17.5 Å². The van der Waals surface area contributed by atoms with E-state index in [1.54, 1.807) is 17.4 Å². The molecule has 2 saturated carbocycles. The number of hydrogen-bond acceptors (Lipinski definition) is 1. The summed E-state index contributed by atoms with van der Waals surface area (Å²) in [5.41, 5.74) is 1.94. The Morgan fingerprint density at radius 2 is 1.56 bits per heavy atom. The monoisotopic (exact) mass is 352 g/mol. The first kappa shape index (κ1) is 17.3. The quantitative estimate of drug-likeness (QED) is 0.523. The molecule has 1 aromatic heterocycles. The summed E-state index contributed by atoms with van der Waals surface area (Å²) in [5.74, 6) is 2.53. The largest absolute Gasteiger partial charge is 0.207 e. The van der Waals surface area contributed by atoms with Gasteiger partial charge in [-0.2, -0.15) is 0 Å². The molecule has 0 bridgehead atoms. The molecule has 1 heterocycles. The van der Waals surface area contributed by atoms with Gasteiger partial charge in [0.25, 0.3) is 0 Å². The van der Waals surface area contributed by atoms with Crippen LogP contribution in [-0.2, 0) is 0 Å².